The molecule has 0 saturated carbocycles. The molecule has 1 rings (SSSR count). The SMILES string of the molecule is [2H]/C(=C\C([2H])([2H])O)c1ccc(O)cc1. The van der Waals surface area contributed by atoms with Gasteiger partial charge in [0.25, 0.3) is 0 Å². The van der Waals surface area contributed by atoms with E-state index in [0.29, 0.717) is 5.56 Å². The molecule has 0 bridgehead atoms. The Bertz CT molecular complexity index is 338. The lowest BCUT2D eigenvalue weighted by molar-refractivity contribution is 0.343. The Hall–Kier alpha value is -1.28. The van der Waals surface area contributed by atoms with Gasteiger partial charge in [0, 0.05) is 0 Å². The number of hydrogen-bond acceptors (Lipinski definition) is 2. The summed E-state index contributed by atoms with van der Waals surface area (Å²) in [5.41, 5.74) is 0.431. The summed E-state index contributed by atoms with van der Waals surface area (Å²) in [6.07, 6.45) is 0.791. The number of rotatable bonds is 2. The maximum Gasteiger partial charge on any atom is 0.115 e. The van der Waals surface area contributed by atoms with Gasteiger partial charge in [-0.3, -0.25) is 0 Å². The Morgan fingerprint density at radius 3 is 2.64 bits per heavy atom. The van der Waals surface area contributed by atoms with Crippen LogP contribution >= 0.6 is 0 Å². The maximum absolute atomic E-state index is 8.97. The normalized spacial score (nSPS) is 16.8. The molecular weight excluding hydrogens is 140 g/mol. The topological polar surface area (TPSA) is 40.5 Å². The van der Waals surface area contributed by atoms with Gasteiger partial charge < -0.3 is 10.2 Å². The Kier molecular flexibility index (Phi) is 1.57. The highest BCUT2D eigenvalue weighted by Gasteiger charge is 1.85. The minimum Gasteiger partial charge on any atom is -0.508 e. The van der Waals surface area contributed by atoms with E-state index in [-0.39, 0.29) is 11.8 Å². The van der Waals surface area contributed by atoms with Gasteiger partial charge in [0.1, 0.15) is 5.75 Å². The molecule has 0 aliphatic rings. The van der Waals surface area contributed by atoms with Crippen LogP contribution in [0, 0.1) is 0 Å². The third-order valence-corrected chi connectivity index (χ3v) is 1.17. The minimum atomic E-state index is -2.49. The third-order valence-electron chi connectivity index (χ3n) is 1.17. The molecule has 0 aliphatic heterocycles. The second-order valence-electron chi connectivity index (χ2n) is 1.96. The van der Waals surface area contributed by atoms with E-state index in [9.17, 15) is 0 Å². The zero-order valence-electron chi connectivity index (χ0n) is 8.78. The quantitative estimate of drug-likeness (QED) is 0.674. The average Bonchev–Trinajstić information content (AvgIpc) is 2.02. The first-order chi connectivity index (χ1) is 6.38. The molecule has 0 fully saturated rings. The average molecular weight is 153 g/mol. The van der Waals surface area contributed by atoms with Crippen LogP contribution in [0.15, 0.2) is 30.3 Å². The van der Waals surface area contributed by atoms with Crippen molar-refractivity contribution in [3.8, 4) is 5.75 Å². The lowest BCUT2D eigenvalue weighted by atomic mass is 10.2. The van der Waals surface area contributed by atoms with Crippen LogP contribution in [-0.2, 0) is 0 Å². The van der Waals surface area contributed by atoms with E-state index in [2.05, 4.69) is 0 Å². The van der Waals surface area contributed by atoms with Gasteiger partial charge in [-0.2, -0.15) is 0 Å². The summed E-state index contributed by atoms with van der Waals surface area (Å²) in [7, 11) is 0. The Morgan fingerprint density at radius 1 is 1.45 bits per heavy atom. The molecule has 58 valence electrons. The van der Waals surface area contributed by atoms with Crippen LogP contribution in [0.25, 0.3) is 6.05 Å². The molecule has 2 heteroatoms. The van der Waals surface area contributed by atoms with Crippen LogP contribution in [0.1, 0.15) is 9.68 Å². The zero-order valence-corrected chi connectivity index (χ0v) is 5.78. The summed E-state index contributed by atoms with van der Waals surface area (Å²) < 4.78 is 21.1. The molecule has 1 aromatic carbocycles. The van der Waals surface area contributed by atoms with Gasteiger partial charge in [0.05, 0.1) is 10.7 Å². The highest BCUT2D eigenvalue weighted by atomic mass is 16.3. The van der Waals surface area contributed by atoms with Crippen molar-refractivity contribution in [2.75, 3.05) is 6.56 Å². The van der Waals surface area contributed by atoms with E-state index in [1.807, 2.05) is 0 Å². The van der Waals surface area contributed by atoms with Crippen LogP contribution in [0.3, 0.4) is 0 Å². The second-order valence-corrected chi connectivity index (χ2v) is 1.96. The fourth-order valence-corrected chi connectivity index (χ4v) is 0.673. The van der Waals surface area contributed by atoms with Crippen LogP contribution in [0.2, 0.25) is 0 Å². The van der Waals surface area contributed by atoms with Crippen molar-refractivity contribution < 1.29 is 14.3 Å². The van der Waals surface area contributed by atoms with Gasteiger partial charge in [-0.15, -0.1) is 0 Å². The summed E-state index contributed by atoms with van der Waals surface area (Å²) in [4.78, 5) is 0. The van der Waals surface area contributed by atoms with E-state index in [0.717, 1.165) is 6.08 Å². The molecular formula is C9H10O2. The first-order valence-corrected chi connectivity index (χ1v) is 3.10. The molecule has 0 aromatic heterocycles. The molecule has 0 unspecified atom stereocenters. The predicted molar refractivity (Wildman–Crippen MR) is 44.2 cm³/mol. The van der Waals surface area contributed by atoms with Crippen LogP contribution in [0.5, 0.6) is 5.75 Å². The van der Waals surface area contributed by atoms with Crippen LogP contribution < -0.4 is 0 Å². The van der Waals surface area contributed by atoms with Crippen molar-refractivity contribution in [3.05, 3.63) is 35.9 Å². The number of phenols is 1. The smallest absolute Gasteiger partial charge is 0.115 e. The summed E-state index contributed by atoms with van der Waals surface area (Å²) in [6.45, 7) is -2.49. The van der Waals surface area contributed by atoms with E-state index in [1.54, 1.807) is 0 Å². The number of phenolic OH excluding ortho intramolecular Hbond substituents is 1. The third kappa shape index (κ3) is 2.43. The molecule has 2 N–H and O–H groups in total. The molecule has 0 saturated heterocycles. The minimum absolute atomic E-state index is 0.0774. The molecule has 0 radical (unpaired) electrons. The number of aliphatic hydroxyl groups is 1. The number of hydrogen-bond donors (Lipinski definition) is 2. The molecule has 0 heterocycles. The monoisotopic (exact) mass is 153 g/mol. The summed E-state index contributed by atoms with van der Waals surface area (Å²) in [6, 6.07) is 5.60. The van der Waals surface area contributed by atoms with Crippen LogP contribution in [0.4, 0.5) is 0 Å². The Morgan fingerprint density at radius 2 is 2.09 bits per heavy atom. The Balaban J connectivity index is 2.95. The highest BCUT2D eigenvalue weighted by molar-refractivity contribution is 5.50. The van der Waals surface area contributed by atoms with E-state index in [4.69, 9.17) is 14.3 Å². The van der Waals surface area contributed by atoms with Crippen molar-refractivity contribution in [1.29, 1.82) is 0 Å². The summed E-state index contributed by atoms with van der Waals surface area (Å²) in [5.74, 6) is 0.0774. The number of aromatic hydroxyl groups is 1. The van der Waals surface area contributed by atoms with Gasteiger partial charge >= 0.3 is 0 Å². The molecule has 0 aliphatic carbocycles. The van der Waals surface area contributed by atoms with Crippen molar-refractivity contribution in [1.82, 2.24) is 0 Å². The van der Waals surface area contributed by atoms with Gasteiger partial charge in [-0.25, -0.2) is 0 Å². The van der Waals surface area contributed by atoms with E-state index >= 15 is 0 Å². The van der Waals surface area contributed by atoms with Crippen molar-refractivity contribution in [3.63, 3.8) is 0 Å². The molecule has 2 nitrogen and oxygen atoms in total. The second kappa shape index (κ2) is 3.78. The summed E-state index contributed by atoms with van der Waals surface area (Å²) >= 11 is 0. The Labute approximate surface area is 69.6 Å². The summed E-state index contributed by atoms with van der Waals surface area (Å²) in [5, 5.41) is 17.8. The van der Waals surface area contributed by atoms with Gasteiger partial charge in [0.15, 0.2) is 0 Å². The molecule has 0 spiro atoms. The molecule has 0 atom stereocenters. The highest BCUT2D eigenvalue weighted by Crippen LogP contribution is 2.10. The van der Waals surface area contributed by atoms with Crippen LogP contribution in [-0.4, -0.2) is 16.8 Å². The van der Waals surface area contributed by atoms with Crippen molar-refractivity contribution in [2.45, 2.75) is 0 Å². The number of benzene rings is 1. The fraction of sp³-hybridized carbons (Fsp3) is 0.111. The maximum atomic E-state index is 8.97. The molecule has 11 heavy (non-hydrogen) atoms. The van der Waals surface area contributed by atoms with E-state index in [1.165, 1.54) is 24.3 Å². The molecule has 0 amide bonds. The lowest BCUT2D eigenvalue weighted by Gasteiger charge is -1.92. The largest absolute Gasteiger partial charge is 0.508 e. The standard InChI is InChI=1S/C9H10O2/c10-7-1-2-8-3-5-9(11)6-4-8/h1-6,10-11H,7H2/b2-1+/i2D,7D2. The van der Waals surface area contributed by atoms with Crippen molar-refractivity contribution in [2.24, 2.45) is 0 Å². The van der Waals surface area contributed by atoms with Gasteiger partial charge in [-0.05, 0) is 17.7 Å². The zero-order chi connectivity index (χ0) is 10.8. The predicted octanol–water partition coefficient (Wildman–Crippen LogP) is 1.40. The molecule has 1 aromatic rings. The first-order valence-electron chi connectivity index (χ1n) is 4.60. The lowest BCUT2D eigenvalue weighted by Crippen LogP contribution is -1.73. The van der Waals surface area contributed by atoms with Gasteiger partial charge in [0.2, 0.25) is 0 Å². The first kappa shape index (κ1) is 4.57. The van der Waals surface area contributed by atoms with E-state index < -0.39 is 6.56 Å². The van der Waals surface area contributed by atoms with Gasteiger partial charge in [-0.1, -0.05) is 24.3 Å². The van der Waals surface area contributed by atoms with Crippen molar-refractivity contribution >= 4 is 6.05 Å². The fourth-order valence-electron chi connectivity index (χ4n) is 0.673.